The molecule has 0 atom stereocenters. The van der Waals surface area contributed by atoms with Crippen LogP contribution in [-0.2, 0) is 6.18 Å². The average molecular weight is 381 g/mol. The summed E-state index contributed by atoms with van der Waals surface area (Å²) in [6, 6.07) is 7.05. The van der Waals surface area contributed by atoms with E-state index in [2.05, 4.69) is 15.3 Å². The van der Waals surface area contributed by atoms with Crippen LogP contribution in [0.1, 0.15) is 44.6 Å². The molecule has 2 aromatic rings. The molecule has 0 bridgehead atoms. The maximum absolute atomic E-state index is 13.3. The first-order chi connectivity index (χ1) is 13.0. The van der Waals surface area contributed by atoms with Crippen molar-refractivity contribution in [2.75, 3.05) is 11.9 Å². The van der Waals surface area contributed by atoms with Crippen LogP contribution in [0.2, 0.25) is 0 Å². The van der Waals surface area contributed by atoms with E-state index in [1.54, 1.807) is 24.3 Å². The number of ether oxygens (including phenoxy) is 2. The number of hydrogen-bond donors (Lipinski definition) is 1. The van der Waals surface area contributed by atoms with Gasteiger partial charge < -0.3 is 14.8 Å². The molecule has 3 rings (SSSR count). The Morgan fingerprint density at radius 1 is 1.19 bits per heavy atom. The SMILES string of the molecule is CCOc1cccc(Nc2ncc(C(F)(F)F)c(OC3CCCCC3)n2)c1. The molecule has 0 aliphatic heterocycles. The molecule has 1 aliphatic rings. The van der Waals surface area contributed by atoms with Crippen LogP contribution in [-0.4, -0.2) is 22.7 Å². The average Bonchev–Trinajstić information content (AvgIpc) is 2.62. The minimum Gasteiger partial charge on any atom is -0.494 e. The molecule has 0 spiro atoms. The van der Waals surface area contributed by atoms with Gasteiger partial charge in [-0.2, -0.15) is 18.2 Å². The quantitative estimate of drug-likeness (QED) is 0.731. The number of nitrogens with zero attached hydrogens (tertiary/aromatic N) is 2. The predicted molar refractivity (Wildman–Crippen MR) is 95.4 cm³/mol. The highest BCUT2D eigenvalue weighted by Crippen LogP contribution is 2.37. The van der Waals surface area contributed by atoms with Crippen LogP contribution in [0.4, 0.5) is 24.8 Å². The Labute approximate surface area is 155 Å². The normalized spacial score (nSPS) is 15.4. The summed E-state index contributed by atoms with van der Waals surface area (Å²) in [4.78, 5) is 7.81. The number of benzene rings is 1. The van der Waals surface area contributed by atoms with Gasteiger partial charge in [-0.05, 0) is 44.7 Å². The highest BCUT2D eigenvalue weighted by Gasteiger charge is 2.37. The molecule has 1 aromatic carbocycles. The van der Waals surface area contributed by atoms with Gasteiger partial charge in [0.05, 0.1) is 6.61 Å². The fraction of sp³-hybridized carbons (Fsp3) is 0.474. The van der Waals surface area contributed by atoms with Crippen molar-refractivity contribution in [3.63, 3.8) is 0 Å². The lowest BCUT2D eigenvalue weighted by atomic mass is 9.98. The maximum Gasteiger partial charge on any atom is 0.423 e. The molecule has 0 unspecified atom stereocenters. The summed E-state index contributed by atoms with van der Waals surface area (Å²) in [5.74, 6) is 0.267. The Morgan fingerprint density at radius 2 is 1.96 bits per heavy atom. The zero-order valence-electron chi connectivity index (χ0n) is 15.1. The van der Waals surface area contributed by atoms with E-state index in [1.165, 1.54) is 0 Å². The summed E-state index contributed by atoms with van der Waals surface area (Å²) in [7, 11) is 0. The number of hydrogen-bond acceptors (Lipinski definition) is 5. The van der Waals surface area contributed by atoms with Gasteiger partial charge in [0.15, 0.2) is 0 Å². The van der Waals surface area contributed by atoms with Crippen molar-refractivity contribution >= 4 is 11.6 Å². The van der Waals surface area contributed by atoms with Crippen molar-refractivity contribution in [3.05, 3.63) is 36.0 Å². The first kappa shape index (κ1) is 19.3. The van der Waals surface area contributed by atoms with E-state index in [0.717, 1.165) is 38.3 Å². The van der Waals surface area contributed by atoms with Crippen molar-refractivity contribution in [2.24, 2.45) is 0 Å². The zero-order valence-corrected chi connectivity index (χ0v) is 15.1. The molecule has 8 heteroatoms. The summed E-state index contributed by atoms with van der Waals surface area (Å²) in [5.41, 5.74) is -0.342. The van der Waals surface area contributed by atoms with Gasteiger partial charge in [-0.25, -0.2) is 4.98 Å². The molecule has 146 valence electrons. The Balaban J connectivity index is 1.83. The molecule has 1 N–H and O–H groups in total. The molecule has 5 nitrogen and oxygen atoms in total. The highest BCUT2D eigenvalue weighted by atomic mass is 19.4. The minimum atomic E-state index is -4.57. The van der Waals surface area contributed by atoms with Crippen molar-refractivity contribution in [1.29, 1.82) is 0 Å². The van der Waals surface area contributed by atoms with Gasteiger partial charge >= 0.3 is 6.18 Å². The fourth-order valence-electron chi connectivity index (χ4n) is 3.01. The lowest BCUT2D eigenvalue weighted by Gasteiger charge is -2.24. The first-order valence-electron chi connectivity index (χ1n) is 9.06. The largest absolute Gasteiger partial charge is 0.494 e. The van der Waals surface area contributed by atoms with Crippen LogP contribution in [0.25, 0.3) is 0 Å². The molecule has 1 fully saturated rings. The van der Waals surface area contributed by atoms with Crippen molar-refractivity contribution in [2.45, 2.75) is 51.3 Å². The standard InChI is InChI=1S/C19H22F3N3O2/c1-2-26-15-10-6-7-13(11-15)24-18-23-12-16(19(20,21)22)17(25-18)27-14-8-4-3-5-9-14/h6-7,10-12,14H,2-5,8-9H2,1H3,(H,23,24,25). The second kappa shape index (κ2) is 8.45. The molecule has 1 aromatic heterocycles. The monoisotopic (exact) mass is 381 g/mol. The molecule has 27 heavy (non-hydrogen) atoms. The van der Waals surface area contributed by atoms with E-state index in [1.807, 2.05) is 6.92 Å². The third-order valence-electron chi connectivity index (χ3n) is 4.29. The Hall–Kier alpha value is -2.51. The van der Waals surface area contributed by atoms with Gasteiger partial charge in [-0.15, -0.1) is 0 Å². The van der Waals surface area contributed by atoms with Crippen LogP contribution in [0.3, 0.4) is 0 Å². The lowest BCUT2D eigenvalue weighted by molar-refractivity contribution is -0.140. The lowest BCUT2D eigenvalue weighted by Crippen LogP contribution is -2.22. The molecule has 1 aliphatic carbocycles. The third kappa shape index (κ3) is 5.24. The first-order valence-corrected chi connectivity index (χ1v) is 9.06. The molecular formula is C19H22F3N3O2. The van der Waals surface area contributed by atoms with Gasteiger partial charge in [0.25, 0.3) is 0 Å². The molecule has 0 radical (unpaired) electrons. The second-order valence-corrected chi connectivity index (χ2v) is 6.37. The van der Waals surface area contributed by atoms with Crippen LogP contribution >= 0.6 is 0 Å². The van der Waals surface area contributed by atoms with E-state index in [0.29, 0.717) is 18.0 Å². The smallest absolute Gasteiger partial charge is 0.423 e. The van der Waals surface area contributed by atoms with Gasteiger partial charge in [0.2, 0.25) is 11.8 Å². The maximum atomic E-state index is 13.3. The summed E-state index contributed by atoms with van der Waals surface area (Å²) in [6.07, 6.45) is 0.402. The second-order valence-electron chi connectivity index (χ2n) is 6.37. The molecule has 1 heterocycles. The summed E-state index contributed by atoms with van der Waals surface area (Å²) < 4.78 is 50.9. The van der Waals surface area contributed by atoms with E-state index < -0.39 is 17.6 Å². The number of alkyl halides is 3. The third-order valence-corrected chi connectivity index (χ3v) is 4.29. The van der Waals surface area contributed by atoms with E-state index >= 15 is 0 Å². The number of anilines is 2. The predicted octanol–water partition coefficient (Wildman–Crippen LogP) is 5.35. The number of rotatable bonds is 6. The van der Waals surface area contributed by atoms with Crippen molar-refractivity contribution < 1.29 is 22.6 Å². The molecule has 1 saturated carbocycles. The molecule has 0 saturated heterocycles. The van der Waals surface area contributed by atoms with E-state index in [-0.39, 0.29) is 12.1 Å². The molecule has 0 amide bonds. The summed E-state index contributed by atoms with van der Waals surface area (Å²) in [5, 5.41) is 2.91. The Kier molecular flexibility index (Phi) is 6.03. The topological polar surface area (TPSA) is 56.3 Å². The summed E-state index contributed by atoms with van der Waals surface area (Å²) in [6.45, 7) is 2.38. The minimum absolute atomic E-state index is 0.0439. The zero-order chi connectivity index (χ0) is 19.3. The Morgan fingerprint density at radius 3 is 2.67 bits per heavy atom. The number of aromatic nitrogens is 2. The van der Waals surface area contributed by atoms with Crippen LogP contribution in [0, 0.1) is 0 Å². The van der Waals surface area contributed by atoms with Crippen LogP contribution in [0.15, 0.2) is 30.5 Å². The van der Waals surface area contributed by atoms with Crippen LogP contribution in [0.5, 0.6) is 11.6 Å². The van der Waals surface area contributed by atoms with Crippen LogP contribution < -0.4 is 14.8 Å². The van der Waals surface area contributed by atoms with Gasteiger partial charge in [-0.1, -0.05) is 12.5 Å². The van der Waals surface area contributed by atoms with Crippen molar-refractivity contribution in [3.8, 4) is 11.6 Å². The van der Waals surface area contributed by atoms with Gasteiger partial charge in [0, 0.05) is 18.0 Å². The summed E-state index contributed by atoms with van der Waals surface area (Å²) >= 11 is 0. The number of nitrogens with one attached hydrogen (secondary N) is 1. The Bertz CT molecular complexity index is 762. The number of halogens is 3. The van der Waals surface area contributed by atoms with Crippen molar-refractivity contribution in [1.82, 2.24) is 9.97 Å². The fourth-order valence-corrected chi connectivity index (χ4v) is 3.01. The van der Waals surface area contributed by atoms with E-state index in [9.17, 15) is 13.2 Å². The van der Waals surface area contributed by atoms with Gasteiger partial charge in [-0.3, -0.25) is 0 Å². The van der Waals surface area contributed by atoms with Gasteiger partial charge in [0.1, 0.15) is 17.4 Å². The highest BCUT2D eigenvalue weighted by molar-refractivity contribution is 5.56. The van der Waals surface area contributed by atoms with E-state index in [4.69, 9.17) is 9.47 Å². The molecular weight excluding hydrogens is 359 g/mol.